The van der Waals surface area contributed by atoms with Crippen LogP contribution >= 0.6 is 7.82 Å². The molecule has 0 aliphatic carbocycles. The summed E-state index contributed by atoms with van der Waals surface area (Å²) in [5, 5.41) is 0. The molecule has 0 unspecified atom stereocenters. The topological polar surface area (TPSA) is 97.4 Å². The van der Waals surface area contributed by atoms with Gasteiger partial charge in [0.05, 0.1) is 33.5 Å². The number of hydrogen-bond acceptors (Lipinski definition) is 8. The minimum atomic E-state index is -3.89. The lowest BCUT2D eigenvalue weighted by atomic mass is 10.3. The highest BCUT2D eigenvalue weighted by Gasteiger charge is 2.29. The molecule has 0 fully saturated rings. The van der Waals surface area contributed by atoms with Crippen LogP contribution in [0, 0.1) is 0 Å². The predicted molar refractivity (Wildman–Crippen MR) is 68.7 cm³/mol. The number of ether oxygens (including phenoxy) is 2. The normalized spacial score (nSPS) is 11.9. The smallest absolute Gasteiger partial charge is 0.469 e. The van der Waals surface area contributed by atoms with Gasteiger partial charge in [-0.05, 0) is 13.8 Å². The molecule has 0 bridgehead atoms. The fourth-order valence-corrected chi connectivity index (χ4v) is 2.28. The maximum absolute atomic E-state index is 12.2. The molecule has 0 heterocycles. The van der Waals surface area contributed by atoms with Gasteiger partial charge in [0.15, 0.2) is 0 Å². The van der Waals surface area contributed by atoms with E-state index in [1.807, 2.05) is 0 Å². The van der Waals surface area contributed by atoms with Crippen LogP contribution in [0.3, 0.4) is 0 Å². The minimum absolute atomic E-state index is 0.0704. The molecule has 0 spiro atoms. The fraction of sp³-hybridized carbons (Fsp3) is 0.636. The van der Waals surface area contributed by atoms with Gasteiger partial charge >= 0.3 is 19.8 Å². The molecule has 0 aliphatic rings. The molecule has 0 aliphatic heterocycles. The van der Waals surface area contributed by atoms with Gasteiger partial charge in [-0.2, -0.15) is 0 Å². The zero-order valence-corrected chi connectivity index (χ0v) is 12.8. The Labute approximate surface area is 117 Å². The van der Waals surface area contributed by atoms with E-state index in [4.69, 9.17) is 13.6 Å². The van der Waals surface area contributed by atoms with Gasteiger partial charge < -0.3 is 14.0 Å². The van der Waals surface area contributed by atoms with E-state index in [2.05, 4.69) is 9.47 Å². The molecule has 116 valence electrons. The molecule has 0 saturated heterocycles. The van der Waals surface area contributed by atoms with Crippen molar-refractivity contribution >= 4 is 19.8 Å². The lowest BCUT2D eigenvalue weighted by Crippen LogP contribution is -2.08. The van der Waals surface area contributed by atoms with Crippen molar-refractivity contribution in [3.05, 3.63) is 11.8 Å². The van der Waals surface area contributed by atoms with Crippen molar-refractivity contribution in [3.63, 3.8) is 0 Å². The molecular formula is C11H19O8P. The molecule has 0 saturated carbocycles. The maximum Gasteiger partial charge on any atom is 0.529 e. The Morgan fingerprint density at radius 2 is 1.60 bits per heavy atom. The molecule has 9 heteroatoms. The number of carbonyl (C=O) groups is 2. The number of rotatable bonds is 9. The van der Waals surface area contributed by atoms with E-state index >= 15 is 0 Å². The SMILES string of the molecule is CCOP(=O)(OCC)O/C(=C/C(=O)OC)CC(=O)OC. The summed E-state index contributed by atoms with van der Waals surface area (Å²) in [5.41, 5.74) is 0. The van der Waals surface area contributed by atoms with Gasteiger partial charge in [0, 0.05) is 0 Å². The third kappa shape index (κ3) is 7.28. The van der Waals surface area contributed by atoms with Gasteiger partial charge in [0.2, 0.25) is 0 Å². The van der Waals surface area contributed by atoms with Crippen molar-refractivity contribution in [2.45, 2.75) is 20.3 Å². The van der Waals surface area contributed by atoms with Crippen molar-refractivity contribution in [1.82, 2.24) is 0 Å². The standard InChI is InChI=1S/C11H19O8P/c1-5-17-20(14,18-6-2)19-9(7-10(12)15-3)8-11(13)16-4/h7H,5-6,8H2,1-4H3/b9-7+. The number of esters is 2. The van der Waals surface area contributed by atoms with Crippen molar-refractivity contribution in [2.24, 2.45) is 0 Å². The zero-order valence-electron chi connectivity index (χ0n) is 11.9. The molecule has 0 radical (unpaired) electrons. The van der Waals surface area contributed by atoms with Crippen LogP contribution in [0.1, 0.15) is 20.3 Å². The van der Waals surface area contributed by atoms with Crippen LogP contribution in [0.25, 0.3) is 0 Å². The summed E-state index contributed by atoms with van der Waals surface area (Å²) in [6, 6.07) is 0. The lowest BCUT2D eigenvalue weighted by molar-refractivity contribution is -0.140. The molecule has 0 N–H and O–H groups in total. The van der Waals surface area contributed by atoms with Gasteiger partial charge in [-0.1, -0.05) is 0 Å². The van der Waals surface area contributed by atoms with Crippen LogP contribution in [0.5, 0.6) is 0 Å². The minimum Gasteiger partial charge on any atom is -0.469 e. The number of carbonyl (C=O) groups excluding carboxylic acids is 2. The Morgan fingerprint density at radius 1 is 1.05 bits per heavy atom. The Kier molecular flexibility index (Phi) is 8.87. The molecule has 20 heavy (non-hydrogen) atoms. The van der Waals surface area contributed by atoms with Crippen LogP contribution in [0.4, 0.5) is 0 Å². The molecule has 0 aromatic heterocycles. The Bertz CT molecular complexity index is 393. The summed E-state index contributed by atoms with van der Waals surface area (Å²) in [6.07, 6.45) is 0.470. The Morgan fingerprint density at radius 3 is 2.00 bits per heavy atom. The first-order valence-electron chi connectivity index (χ1n) is 5.84. The average molecular weight is 310 g/mol. The van der Waals surface area contributed by atoms with E-state index in [9.17, 15) is 14.2 Å². The predicted octanol–water partition coefficient (Wildman–Crippen LogP) is 1.80. The molecule has 8 nitrogen and oxygen atoms in total. The highest BCUT2D eigenvalue weighted by molar-refractivity contribution is 7.48. The van der Waals surface area contributed by atoms with Gasteiger partial charge in [0.25, 0.3) is 0 Å². The number of hydrogen-bond donors (Lipinski definition) is 0. The highest BCUT2D eigenvalue weighted by atomic mass is 31.2. The van der Waals surface area contributed by atoms with E-state index in [-0.39, 0.29) is 19.0 Å². The lowest BCUT2D eigenvalue weighted by Gasteiger charge is -2.18. The third-order valence-electron chi connectivity index (χ3n) is 1.83. The summed E-state index contributed by atoms with van der Waals surface area (Å²) in [4.78, 5) is 22.4. The molecule has 0 rings (SSSR count). The Balaban J connectivity index is 5.11. The highest BCUT2D eigenvalue weighted by Crippen LogP contribution is 2.51. The van der Waals surface area contributed by atoms with Gasteiger partial charge in [0.1, 0.15) is 12.2 Å². The van der Waals surface area contributed by atoms with E-state index in [0.717, 1.165) is 13.2 Å². The van der Waals surface area contributed by atoms with Crippen LogP contribution in [0.2, 0.25) is 0 Å². The van der Waals surface area contributed by atoms with Gasteiger partial charge in [-0.25, -0.2) is 9.36 Å². The summed E-state index contributed by atoms with van der Waals surface area (Å²) in [6.45, 7) is 3.33. The third-order valence-corrected chi connectivity index (χ3v) is 3.44. The second-order valence-corrected chi connectivity index (χ2v) is 4.85. The van der Waals surface area contributed by atoms with E-state index in [0.29, 0.717) is 0 Å². The zero-order chi connectivity index (χ0) is 15.6. The first-order chi connectivity index (χ1) is 9.40. The second-order valence-electron chi connectivity index (χ2n) is 3.26. The maximum atomic E-state index is 12.2. The monoisotopic (exact) mass is 310 g/mol. The van der Waals surface area contributed by atoms with Crippen LogP contribution in [0.15, 0.2) is 11.8 Å². The first kappa shape index (κ1) is 18.6. The first-order valence-corrected chi connectivity index (χ1v) is 7.30. The largest absolute Gasteiger partial charge is 0.529 e. The molecular weight excluding hydrogens is 291 g/mol. The van der Waals surface area contributed by atoms with Crippen molar-refractivity contribution in [1.29, 1.82) is 0 Å². The van der Waals surface area contributed by atoms with Gasteiger partial charge in [-0.15, -0.1) is 0 Å². The molecule has 0 aromatic rings. The van der Waals surface area contributed by atoms with Crippen molar-refractivity contribution < 1.29 is 37.2 Å². The quantitative estimate of drug-likeness (QED) is 0.275. The Hall–Kier alpha value is -1.37. The summed E-state index contributed by atoms with van der Waals surface area (Å²) < 4.78 is 35.8. The van der Waals surface area contributed by atoms with Crippen molar-refractivity contribution in [2.75, 3.05) is 27.4 Å². The average Bonchev–Trinajstić information content (AvgIpc) is 2.38. The fourth-order valence-electron chi connectivity index (χ4n) is 1.06. The van der Waals surface area contributed by atoms with Crippen LogP contribution in [-0.4, -0.2) is 39.4 Å². The summed E-state index contributed by atoms with van der Waals surface area (Å²) in [5.74, 6) is -1.68. The number of phosphoric acid groups is 1. The molecule has 0 aromatic carbocycles. The van der Waals surface area contributed by atoms with Crippen molar-refractivity contribution in [3.8, 4) is 0 Å². The van der Waals surface area contributed by atoms with Gasteiger partial charge in [-0.3, -0.25) is 13.8 Å². The second kappa shape index (κ2) is 9.52. The molecule has 0 amide bonds. The summed E-state index contributed by atoms with van der Waals surface area (Å²) in [7, 11) is -1.57. The van der Waals surface area contributed by atoms with E-state index in [1.54, 1.807) is 13.8 Å². The number of methoxy groups -OCH3 is 2. The number of phosphoric ester groups is 1. The summed E-state index contributed by atoms with van der Waals surface area (Å²) >= 11 is 0. The van der Waals surface area contributed by atoms with Crippen LogP contribution in [-0.2, 0) is 37.2 Å². The van der Waals surface area contributed by atoms with E-state index < -0.39 is 26.2 Å². The van der Waals surface area contributed by atoms with Crippen LogP contribution < -0.4 is 0 Å². The van der Waals surface area contributed by atoms with E-state index in [1.165, 1.54) is 7.11 Å². The molecule has 0 atom stereocenters.